The molecule has 0 aromatic heterocycles. The van der Waals surface area contributed by atoms with Crippen LogP contribution in [0.3, 0.4) is 0 Å². The highest BCUT2D eigenvalue weighted by atomic mass is 16.3. The highest BCUT2D eigenvalue weighted by Gasteiger charge is 2.04. The van der Waals surface area contributed by atoms with Crippen LogP contribution >= 0.6 is 0 Å². The third kappa shape index (κ3) is 11.3. The van der Waals surface area contributed by atoms with Gasteiger partial charge in [0.2, 0.25) is 5.91 Å². The quantitative estimate of drug-likeness (QED) is 0.454. The highest BCUT2D eigenvalue weighted by molar-refractivity contribution is 5.76. The van der Waals surface area contributed by atoms with E-state index >= 15 is 0 Å². The molecule has 0 heterocycles. The number of aliphatic hydroxyl groups is 1. The molecule has 0 aliphatic heterocycles. The van der Waals surface area contributed by atoms with Crippen LogP contribution in [0.15, 0.2) is 0 Å². The summed E-state index contributed by atoms with van der Waals surface area (Å²) < 4.78 is 0. The van der Waals surface area contributed by atoms with Gasteiger partial charge in [-0.25, -0.2) is 0 Å². The number of aliphatic hydroxyl groups excluding tert-OH is 1. The van der Waals surface area contributed by atoms with Gasteiger partial charge in [0, 0.05) is 18.9 Å². The zero-order chi connectivity index (χ0) is 12.9. The lowest BCUT2D eigenvalue weighted by Crippen LogP contribution is -2.34. The lowest BCUT2D eigenvalue weighted by atomic mass is 10.1. The maximum Gasteiger partial charge on any atom is 0.220 e. The van der Waals surface area contributed by atoms with E-state index in [0.717, 1.165) is 25.7 Å². The molecule has 0 aromatic carbocycles. The van der Waals surface area contributed by atoms with Gasteiger partial charge in [-0.05, 0) is 19.8 Å². The lowest BCUT2D eigenvalue weighted by molar-refractivity contribution is -0.122. The van der Waals surface area contributed by atoms with E-state index in [4.69, 9.17) is 11.5 Å². The van der Waals surface area contributed by atoms with Gasteiger partial charge >= 0.3 is 0 Å². The molecule has 0 rings (SSSR count). The molecule has 0 radical (unpaired) electrons. The van der Waals surface area contributed by atoms with E-state index in [0.29, 0.717) is 6.42 Å². The summed E-state index contributed by atoms with van der Waals surface area (Å²) >= 11 is 0. The fraction of sp³-hybridized carbons (Fsp3) is 0.786. The fourth-order valence-corrected chi connectivity index (χ4v) is 1.61. The Bertz CT molecular complexity index is 233. The third-order valence-corrected chi connectivity index (χ3v) is 2.66. The van der Waals surface area contributed by atoms with Gasteiger partial charge in [-0.15, -0.1) is 12.3 Å². The molecule has 0 aliphatic carbocycles. The third-order valence-electron chi connectivity index (χ3n) is 2.66. The van der Waals surface area contributed by atoms with Gasteiger partial charge in [0.15, 0.2) is 0 Å². The predicted octanol–water partition coefficient (Wildman–Crippen LogP) is 2.24. The van der Waals surface area contributed by atoms with Crippen molar-refractivity contribution in [2.45, 2.75) is 64.3 Å². The lowest BCUT2D eigenvalue weighted by Gasteiger charge is -2.10. The maximum atomic E-state index is 11.3. The zero-order valence-corrected chi connectivity index (χ0v) is 10.9. The van der Waals surface area contributed by atoms with E-state index in [2.05, 4.69) is 11.2 Å². The molecule has 0 aromatic rings. The molecule has 98 valence electrons. The monoisotopic (exact) mass is 239 g/mol. The summed E-state index contributed by atoms with van der Waals surface area (Å²) in [4.78, 5) is 11.3. The molecular formula is C14H25NO2. The van der Waals surface area contributed by atoms with E-state index in [9.17, 15) is 4.79 Å². The summed E-state index contributed by atoms with van der Waals surface area (Å²) in [6.07, 6.45) is 13.3. The Balaban J connectivity index is 3.22. The summed E-state index contributed by atoms with van der Waals surface area (Å²) in [6.45, 7) is 1.80. The molecule has 0 aliphatic rings. The van der Waals surface area contributed by atoms with Crippen molar-refractivity contribution < 1.29 is 9.90 Å². The second kappa shape index (κ2) is 11.5. The van der Waals surface area contributed by atoms with E-state index < -0.39 is 0 Å². The zero-order valence-electron chi connectivity index (χ0n) is 10.9. The number of amides is 1. The van der Waals surface area contributed by atoms with Crippen molar-refractivity contribution in [2.75, 3.05) is 6.61 Å². The van der Waals surface area contributed by atoms with Crippen molar-refractivity contribution in [3.63, 3.8) is 0 Å². The van der Waals surface area contributed by atoms with Gasteiger partial charge in [0.25, 0.3) is 0 Å². The van der Waals surface area contributed by atoms with Crippen molar-refractivity contribution in [1.82, 2.24) is 5.32 Å². The summed E-state index contributed by atoms with van der Waals surface area (Å²) in [6, 6.07) is -0.133. The SMILES string of the molecule is C#CCCCCCCCCC(=O)NC(C)CO. The number of carbonyl (C=O) groups is 1. The normalized spacial score (nSPS) is 11.8. The maximum absolute atomic E-state index is 11.3. The number of carbonyl (C=O) groups excluding carboxylic acids is 1. The highest BCUT2D eigenvalue weighted by Crippen LogP contribution is 2.08. The Morgan fingerprint density at radius 2 is 1.82 bits per heavy atom. The van der Waals surface area contributed by atoms with E-state index in [1.54, 1.807) is 6.92 Å². The predicted molar refractivity (Wildman–Crippen MR) is 70.5 cm³/mol. The smallest absolute Gasteiger partial charge is 0.220 e. The number of hydrogen-bond acceptors (Lipinski definition) is 2. The Morgan fingerprint density at radius 3 is 2.41 bits per heavy atom. The molecule has 0 fully saturated rings. The summed E-state index contributed by atoms with van der Waals surface area (Å²) in [5.74, 6) is 2.68. The number of terminal acetylenes is 1. The summed E-state index contributed by atoms with van der Waals surface area (Å²) in [5.41, 5.74) is 0. The second-order valence-corrected chi connectivity index (χ2v) is 4.48. The first-order chi connectivity index (χ1) is 8.20. The minimum Gasteiger partial charge on any atom is -0.394 e. The average Bonchev–Trinajstić information content (AvgIpc) is 2.32. The molecule has 3 nitrogen and oxygen atoms in total. The standard InChI is InChI=1S/C14H25NO2/c1-3-4-5-6-7-8-9-10-11-14(17)15-13(2)12-16/h1,13,16H,4-12H2,2H3,(H,15,17). The number of nitrogens with one attached hydrogen (secondary N) is 1. The van der Waals surface area contributed by atoms with Crippen molar-refractivity contribution in [2.24, 2.45) is 0 Å². The van der Waals surface area contributed by atoms with Crippen LogP contribution in [-0.4, -0.2) is 23.7 Å². The van der Waals surface area contributed by atoms with Gasteiger partial charge in [0.1, 0.15) is 0 Å². The molecule has 0 saturated carbocycles. The van der Waals surface area contributed by atoms with Crippen LogP contribution in [0.4, 0.5) is 0 Å². The van der Waals surface area contributed by atoms with Gasteiger partial charge in [-0.3, -0.25) is 4.79 Å². The molecule has 1 unspecified atom stereocenters. The molecule has 1 atom stereocenters. The fourth-order valence-electron chi connectivity index (χ4n) is 1.61. The van der Waals surface area contributed by atoms with Crippen molar-refractivity contribution in [3.05, 3.63) is 0 Å². The van der Waals surface area contributed by atoms with Gasteiger partial charge in [0.05, 0.1) is 6.61 Å². The summed E-state index contributed by atoms with van der Waals surface area (Å²) in [5, 5.41) is 11.5. The van der Waals surface area contributed by atoms with Crippen LogP contribution in [-0.2, 0) is 4.79 Å². The van der Waals surface area contributed by atoms with Crippen molar-refractivity contribution in [1.29, 1.82) is 0 Å². The Morgan fingerprint density at radius 1 is 1.24 bits per heavy atom. The number of hydrogen-bond donors (Lipinski definition) is 2. The molecule has 17 heavy (non-hydrogen) atoms. The minimum atomic E-state index is -0.133. The Hall–Kier alpha value is -1.01. The van der Waals surface area contributed by atoms with Gasteiger partial charge < -0.3 is 10.4 Å². The van der Waals surface area contributed by atoms with E-state index in [1.165, 1.54) is 19.3 Å². The largest absolute Gasteiger partial charge is 0.394 e. The Labute approximate surface area is 105 Å². The first kappa shape index (κ1) is 16.0. The molecule has 2 N–H and O–H groups in total. The van der Waals surface area contributed by atoms with Crippen molar-refractivity contribution >= 4 is 5.91 Å². The van der Waals surface area contributed by atoms with E-state index in [-0.39, 0.29) is 18.6 Å². The first-order valence-electron chi connectivity index (χ1n) is 6.54. The van der Waals surface area contributed by atoms with Crippen LogP contribution in [0.2, 0.25) is 0 Å². The molecular weight excluding hydrogens is 214 g/mol. The average molecular weight is 239 g/mol. The van der Waals surface area contributed by atoms with Crippen LogP contribution in [0.1, 0.15) is 58.3 Å². The molecule has 0 bridgehead atoms. The van der Waals surface area contributed by atoms with Gasteiger partial charge in [-0.2, -0.15) is 0 Å². The molecule has 0 saturated heterocycles. The number of unbranched alkanes of at least 4 members (excludes halogenated alkanes) is 6. The van der Waals surface area contributed by atoms with Crippen LogP contribution in [0.5, 0.6) is 0 Å². The van der Waals surface area contributed by atoms with Crippen molar-refractivity contribution in [3.8, 4) is 12.3 Å². The van der Waals surface area contributed by atoms with Crippen LogP contribution in [0.25, 0.3) is 0 Å². The molecule has 3 heteroatoms. The van der Waals surface area contributed by atoms with Gasteiger partial charge in [-0.1, -0.05) is 25.7 Å². The number of rotatable bonds is 10. The van der Waals surface area contributed by atoms with Crippen LogP contribution in [0, 0.1) is 12.3 Å². The minimum absolute atomic E-state index is 0.000911. The second-order valence-electron chi connectivity index (χ2n) is 4.48. The topological polar surface area (TPSA) is 49.3 Å². The molecule has 1 amide bonds. The Kier molecular flexibility index (Phi) is 10.8. The molecule has 0 spiro atoms. The first-order valence-corrected chi connectivity index (χ1v) is 6.54. The van der Waals surface area contributed by atoms with Crippen LogP contribution < -0.4 is 5.32 Å². The van der Waals surface area contributed by atoms with E-state index in [1.807, 2.05) is 0 Å². The summed E-state index contributed by atoms with van der Waals surface area (Å²) in [7, 11) is 0.